The van der Waals surface area contributed by atoms with Gasteiger partial charge in [0.1, 0.15) is 11.5 Å². The van der Waals surface area contributed by atoms with Crippen LogP contribution in [0.2, 0.25) is 0 Å². The standard InChI is InChI=1S/C22H24N2O6/c1-22(2,3)16-6-7-19(28-4)18(11-16)23-20(25)8-5-14-9-17(24(26)27)10-15-12-29-13-30-21(14)15/h5-11H,12-13H2,1-4H3,(H,23,25)/b8-5+. The van der Waals surface area contributed by atoms with Gasteiger partial charge in [0.15, 0.2) is 6.79 Å². The number of nitrogens with one attached hydrogen (secondary N) is 1. The third-order valence-electron chi connectivity index (χ3n) is 4.67. The van der Waals surface area contributed by atoms with Gasteiger partial charge in [-0.25, -0.2) is 0 Å². The van der Waals surface area contributed by atoms with E-state index in [9.17, 15) is 14.9 Å². The van der Waals surface area contributed by atoms with Crippen LogP contribution in [0.1, 0.15) is 37.5 Å². The van der Waals surface area contributed by atoms with Crippen LogP contribution in [0.4, 0.5) is 11.4 Å². The van der Waals surface area contributed by atoms with Crippen molar-refractivity contribution in [3.63, 3.8) is 0 Å². The van der Waals surface area contributed by atoms with Crippen LogP contribution in [0.5, 0.6) is 11.5 Å². The van der Waals surface area contributed by atoms with Gasteiger partial charge in [0.05, 0.1) is 24.3 Å². The minimum atomic E-state index is -0.491. The maximum Gasteiger partial charge on any atom is 0.270 e. The van der Waals surface area contributed by atoms with Crippen molar-refractivity contribution in [2.45, 2.75) is 32.8 Å². The molecule has 0 fully saturated rings. The summed E-state index contributed by atoms with van der Waals surface area (Å²) in [4.78, 5) is 23.3. The van der Waals surface area contributed by atoms with E-state index in [4.69, 9.17) is 14.2 Å². The van der Waals surface area contributed by atoms with Gasteiger partial charge < -0.3 is 19.5 Å². The Hall–Kier alpha value is -3.39. The molecule has 0 spiro atoms. The highest BCUT2D eigenvalue weighted by atomic mass is 16.7. The molecule has 1 N–H and O–H groups in total. The summed E-state index contributed by atoms with van der Waals surface area (Å²) in [5.74, 6) is 0.618. The molecule has 1 aliphatic heterocycles. The van der Waals surface area contributed by atoms with E-state index in [1.165, 1.54) is 31.4 Å². The normalized spacial score (nSPS) is 13.5. The molecule has 0 radical (unpaired) electrons. The monoisotopic (exact) mass is 412 g/mol. The van der Waals surface area contributed by atoms with Crippen LogP contribution in [0.25, 0.3) is 6.08 Å². The Morgan fingerprint density at radius 1 is 1.27 bits per heavy atom. The lowest BCUT2D eigenvalue weighted by atomic mass is 9.87. The molecular weight excluding hydrogens is 388 g/mol. The van der Waals surface area contributed by atoms with E-state index < -0.39 is 10.8 Å². The van der Waals surface area contributed by atoms with Gasteiger partial charge in [-0.3, -0.25) is 14.9 Å². The van der Waals surface area contributed by atoms with Crippen molar-refractivity contribution in [1.82, 2.24) is 0 Å². The van der Waals surface area contributed by atoms with Crippen molar-refractivity contribution >= 4 is 23.4 Å². The van der Waals surface area contributed by atoms with Crippen LogP contribution in [0, 0.1) is 10.1 Å². The van der Waals surface area contributed by atoms with Gasteiger partial charge in [0.2, 0.25) is 5.91 Å². The molecule has 0 unspecified atom stereocenters. The van der Waals surface area contributed by atoms with Crippen molar-refractivity contribution in [1.29, 1.82) is 0 Å². The highest BCUT2D eigenvalue weighted by molar-refractivity contribution is 6.03. The molecule has 3 rings (SSSR count). The molecule has 1 heterocycles. The highest BCUT2D eigenvalue weighted by Crippen LogP contribution is 2.34. The fraction of sp³-hybridized carbons (Fsp3) is 0.318. The number of hydrogen-bond donors (Lipinski definition) is 1. The zero-order chi connectivity index (χ0) is 21.9. The van der Waals surface area contributed by atoms with Gasteiger partial charge in [-0.05, 0) is 29.2 Å². The van der Waals surface area contributed by atoms with Gasteiger partial charge in [-0.2, -0.15) is 0 Å². The zero-order valence-electron chi connectivity index (χ0n) is 17.4. The lowest BCUT2D eigenvalue weighted by Gasteiger charge is -2.21. The molecule has 0 bridgehead atoms. The average molecular weight is 412 g/mol. The topological polar surface area (TPSA) is 99.9 Å². The summed E-state index contributed by atoms with van der Waals surface area (Å²) < 4.78 is 16.0. The molecule has 0 atom stereocenters. The number of ether oxygens (including phenoxy) is 3. The number of methoxy groups -OCH3 is 1. The number of nitro groups is 1. The Balaban J connectivity index is 1.87. The van der Waals surface area contributed by atoms with E-state index in [2.05, 4.69) is 26.1 Å². The van der Waals surface area contributed by atoms with Gasteiger partial charge in [-0.1, -0.05) is 26.8 Å². The number of rotatable bonds is 5. The number of anilines is 1. The van der Waals surface area contributed by atoms with Crippen LogP contribution in [0.3, 0.4) is 0 Å². The minimum absolute atomic E-state index is 0.0502. The predicted molar refractivity (Wildman–Crippen MR) is 113 cm³/mol. The number of non-ortho nitro benzene ring substituents is 1. The van der Waals surface area contributed by atoms with E-state index in [-0.39, 0.29) is 24.5 Å². The summed E-state index contributed by atoms with van der Waals surface area (Å²) in [5.41, 5.74) is 2.41. The first-order valence-corrected chi connectivity index (χ1v) is 9.38. The SMILES string of the molecule is COc1ccc(C(C)(C)C)cc1NC(=O)/C=C/c1cc([N+](=O)[O-])cc2c1OCOC2. The molecule has 0 saturated carbocycles. The maximum atomic E-state index is 12.5. The second-order valence-electron chi connectivity index (χ2n) is 7.88. The van der Waals surface area contributed by atoms with Crippen LogP contribution in [-0.2, 0) is 21.6 Å². The Bertz CT molecular complexity index is 1010. The molecule has 0 aliphatic carbocycles. The molecule has 0 aromatic heterocycles. The van der Waals surface area contributed by atoms with E-state index in [0.29, 0.717) is 28.3 Å². The quantitative estimate of drug-likeness (QED) is 0.443. The molecule has 2 aromatic rings. The summed E-state index contributed by atoms with van der Waals surface area (Å²) in [7, 11) is 1.53. The Morgan fingerprint density at radius 3 is 2.70 bits per heavy atom. The molecular formula is C22H24N2O6. The molecule has 1 aliphatic rings. The number of carbonyl (C=O) groups is 1. The summed E-state index contributed by atoms with van der Waals surface area (Å²) in [6.45, 7) is 6.50. The fourth-order valence-electron chi connectivity index (χ4n) is 3.07. The zero-order valence-corrected chi connectivity index (χ0v) is 17.4. The molecule has 8 nitrogen and oxygen atoms in total. The summed E-state index contributed by atoms with van der Waals surface area (Å²) in [6.07, 6.45) is 2.80. The van der Waals surface area contributed by atoms with Crippen molar-refractivity contribution in [3.8, 4) is 11.5 Å². The number of fused-ring (bicyclic) bond motifs is 1. The first kappa shape index (κ1) is 21.3. The van der Waals surface area contributed by atoms with Gasteiger partial charge >= 0.3 is 0 Å². The van der Waals surface area contributed by atoms with Crippen molar-refractivity contribution in [3.05, 3.63) is 63.2 Å². The third-order valence-corrected chi connectivity index (χ3v) is 4.67. The number of hydrogen-bond acceptors (Lipinski definition) is 6. The number of benzene rings is 2. The van der Waals surface area contributed by atoms with E-state index in [1.807, 2.05) is 18.2 Å². The van der Waals surface area contributed by atoms with Crippen LogP contribution < -0.4 is 14.8 Å². The predicted octanol–water partition coefficient (Wildman–Crippen LogP) is 4.42. The summed E-state index contributed by atoms with van der Waals surface area (Å²) >= 11 is 0. The summed E-state index contributed by atoms with van der Waals surface area (Å²) in [5, 5.41) is 14.0. The van der Waals surface area contributed by atoms with E-state index >= 15 is 0 Å². The molecule has 0 saturated heterocycles. The smallest absolute Gasteiger partial charge is 0.270 e. The highest BCUT2D eigenvalue weighted by Gasteiger charge is 2.20. The minimum Gasteiger partial charge on any atom is -0.495 e. The second kappa shape index (κ2) is 8.54. The Kier molecular flexibility index (Phi) is 6.07. The second-order valence-corrected chi connectivity index (χ2v) is 7.88. The van der Waals surface area contributed by atoms with Crippen molar-refractivity contribution in [2.75, 3.05) is 19.2 Å². The van der Waals surface area contributed by atoms with Gasteiger partial charge in [0.25, 0.3) is 5.69 Å². The molecule has 30 heavy (non-hydrogen) atoms. The molecule has 8 heteroatoms. The van der Waals surface area contributed by atoms with Crippen LogP contribution >= 0.6 is 0 Å². The maximum absolute atomic E-state index is 12.5. The fourth-order valence-corrected chi connectivity index (χ4v) is 3.07. The van der Waals surface area contributed by atoms with E-state index in [0.717, 1.165) is 5.56 Å². The lowest BCUT2D eigenvalue weighted by molar-refractivity contribution is -0.385. The number of nitro benzene ring substituents is 1. The number of nitrogens with zero attached hydrogens (tertiary/aromatic N) is 1. The van der Waals surface area contributed by atoms with Crippen LogP contribution in [0.15, 0.2) is 36.4 Å². The van der Waals surface area contributed by atoms with E-state index in [1.54, 1.807) is 0 Å². The third kappa shape index (κ3) is 4.77. The molecule has 2 aromatic carbocycles. The van der Waals surface area contributed by atoms with Crippen LogP contribution in [-0.4, -0.2) is 24.7 Å². The number of amides is 1. The lowest BCUT2D eigenvalue weighted by Crippen LogP contribution is -2.14. The first-order chi connectivity index (χ1) is 14.2. The number of carbonyl (C=O) groups excluding carboxylic acids is 1. The summed E-state index contributed by atoms with van der Waals surface area (Å²) in [6, 6.07) is 8.42. The average Bonchev–Trinajstić information content (AvgIpc) is 2.71. The van der Waals surface area contributed by atoms with Gasteiger partial charge in [-0.15, -0.1) is 0 Å². The Labute approximate surface area is 174 Å². The first-order valence-electron chi connectivity index (χ1n) is 9.38. The largest absolute Gasteiger partial charge is 0.495 e. The Morgan fingerprint density at radius 2 is 2.03 bits per heavy atom. The molecule has 158 valence electrons. The molecule has 1 amide bonds. The van der Waals surface area contributed by atoms with Crippen molar-refractivity contribution < 1.29 is 23.9 Å². The van der Waals surface area contributed by atoms with Gasteiger partial charge in [0, 0.05) is 29.3 Å². The van der Waals surface area contributed by atoms with Crippen molar-refractivity contribution in [2.24, 2.45) is 0 Å².